The number of hydrogen-bond donors (Lipinski definition) is 2. The summed E-state index contributed by atoms with van der Waals surface area (Å²) in [5.41, 5.74) is 0.848. The van der Waals surface area contributed by atoms with Crippen molar-refractivity contribution in [1.29, 1.82) is 0 Å². The summed E-state index contributed by atoms with van der Waals surface area (Å²) in [4.78, 5) is 11.0. The fourth-order valence-electron chi connectivity index (χ4n) is 3.84. The molecule has 27 heavy (non-hydrogen) atoms. The van der Waals surface area contributed by atoms with Crippen molar-refractivity contribution in [3.8, 4) is 11.5 Å². The van der Waals surface area contributed by atoms with Crippen LogP contribution in [0.15, 0.2) is 53.4 Å². The summed E-state index contributed by atoms with van der Waals surface area (Å²) < 4.78 is 39.5. The molecule has 2 aromatic rings. The van der Waals surface area contributed by atoms with E-state index in [1.807, 2.05) is 6.07 Å². The quantitative estimate of drug-likeness (QED) is 0.785. The number of fused-ring (bicyclic) bond motifs is 3. The van der Waals surface area contributed by atoms with Gasteiger partial charge < -0.3 is 14.6 Å². The minimum absolute atomic E-state index is 0.133. The second-order valence-electron chi connectivity index (χ2n) is 6.66. The first-order chi connectivity index (χ1) is 13.0. The highest BCUT2D eigenvalue weighted by Crippen LogP contribution is 2.50. The molecule has 1 fully saturated rings. The van der Waals surface area contributed by atoms with Gasteiger partial charge in [0.05, 0.1) is 4.90 Å². The van der Waals surface area contributed by atoms with Crippen molar-refractivity contribution < 1.29 is 27.8 Å². The molecule has 8 heteroatoms. The van der Waals surface area contributed by atoms with E-state index in [4.69, 9.17) is 14.6 Å². The van der Waals surface area contributed by atoms with E-state index in [9.17, 15) is 13.2 Å². The van der Waals surface area contributed by atoms with Crippen LogP contribution in [-0.2, 0) is 14.8 Å². The molecule has 0 saturated heterocycles. The SMILES string of the molecule is O=C(O)COc1cccc2c1OC1CCC(NS(=O)(=O)c3ccccc3)C21. The van der Waals surface area contributed by atoms with Crippen molar-refractivity contribution in [3.05, 3.63) is 54.1 Å². The van der Waals surface area contributed by atoms with Crippen molar-refractivity contribution in [1.82, 2.24) is 4.72 Å². The minimum Gasteiger partial charge on any atom is -0.486 e. The zero-order chi connectivity index (χ0) is 19.0. The lowest BCUT2D eigenvalue weighted by Crippen LogP contribution is -2.37. The Morgan fingerprint density at radius 2 is 1.93 bits per heavy atom. The fraction of sp³-hybridized carbons (Fsp3) is 0.316. The fourth-order valence-corrected chi connectivity index (χ4v) is 5.15. The zero-order valence-electron chi connectivity index (χ0n) is 14.4. The predicted octanol–water partition coefficient (Wildman–Crippen LogP) is 2.14. The third-order valence-electron chi connectivity index (χ3n) is 4.95. The van der Waals surface area contributed by atoms with Crippen LogP contribution in [0.25, 0.3) is 0 Å². The molecule has 0 amide bonds. The number of carboxylic acid groups (broad SMARTS) is 1. The molecule has 2 aromatic carbocycles. The molecule has 2 aliphatic rings. The van der Waals surface area contributed by atoms with E-state index in [0.717, 1.165) is 5.56 Å². The first kappa shape index (κ1) is 17.8. The van der Waals surface area contributed by atoms with E-state index in [2.05, 4.69) is 4.72 Å². The molecule has 0 radical (unpaired) electrons. The summed E-state index contributed by atoms with van der Waals surface area (Å²) in [5, 5.41) is 8.82. The molecule has 3 unspecified atom stereocenters. The topological polar surface area (TPSA) is 102 Å². The third-order valence-corrected chi connectivity index (χ3v) is 6.45. The zero-order valence-corrected chi connectivity index (χ0v) is 15.2. The number of ether oxygens (including phenoxy) is 2. The molecule has 4 rings (SSSR count). The molecule has 1 aliphatic carbocycles. The highest BCUT2D eigenvalue weighted by Gasteiger charge is 2.47. The standard InChI is InChI=1S/C19H19NO6S/c21-17(22)11-25-16-8-4-7-13-18-14(9-10-15(18)26-19(13)16)20-27(23,24)12-5-2-1-3-6-12/h1-8,14-15,18,20H,9-11H2,(H,21,22). The Kier molecular flexibility index (Phi) is 4.53. The molecule has 0 bridgehead atoms. The monoisotopic (exact) mass is 389 g/mol. The lowest BCUT2D eigenvalue weighted by molar-refractivity contribution is -0.139. The summed E-state index contributed by atoms with van der Waals surface area (Å²) in [6.45, 7) is -0.459. The Labute approximate surface area is 157 Å². The van der Waals surface area contributed by atoms with Crippen LogP contribution >= 0.6 is 0 Å². The number of sulfonamides is 1. The maximum absolute atomic E-state index is 12.7. The van der Waals surface area contributed by atoms with E-state index >= 15 is 0 Å². The van der Waals surface area contributed by atoms with Gasteiger partial charge in [-0.15, -0.1) is 0 Å². The van der Waals surface area contributed by atoms with Crippen molar-refractivity contribution in [3.63, 3.8) is 0 Å². The van der Waals surface area contributed by atoms with Gasteiger partial charge in [-0.1, -0.05) is 30.3 Å². The Bertz CT molecular complexity index is 959. The number of para-hydroxylation sites is 1. The van der Waals surface area contributed by atoms with E-state index in [1.54, 1.807) is 42.5 Å². The van der Waals surface area contributed by atoms with Crippen LogP contribution in [0.2, 0.25) is 0 Å². The van der Waals surface area contributed by atoms with Gasteiger partial charge in [-0.2, -0.15) is 0 Å². The summed E-state index contributed by atoms with van der Waals surface area (Å²) in [6.07, 6.45) is 1.22. The molecule has 0 aromatic heterocycles. The van der Waals surface area contributed by atoms with Gasteiger partial charge >= 0.3 is 5.97 Å². The molecule has 142 valence electrons. The van der Waals surface area contributed by atoms with E-state index in [0.29, 0.717) is 24.3 Å². The summed E-state index contributed by atoms with van der Waals surface area (Å²) >= 11 is 0. The normalized spacial score (nSPS) is 23.3. The second kappa shape index (κ2) is 6.86. The molecule has 3 atom stereocenters. The third kappa shape index (κ3) is 3.38. The Balaban J connectivity index is 1.59. The van der Waals surface area contributed by atoms with E-state index in [-0.39, 0.29) is 23.0 Å². The second-order valence-corrected chi connectivity index (χ2v) is 8.37. The van der Waals surface area contributed by atoms with Gasteiger partial charge in [-0.05, 0) is 31.0 Å². The average Bonchev–Trinajstić information content (AvgIpc) is 3.20. The first-order valence-electron chi connectivity index (χ1n) is 8.67. The largest absolute Gasteiger partial charge is 0.486 e. The van der Waals surface area contributed by atoms with Crippen molar-refractivity contribution in [2.45, 2.75) is 35.8 Å². The lowest BCUT2D eigenvalue weighted by atomic mass is 9.94. The van der Waals surface area contributed by atoms with Gasteiger partial charge in [0.2, 0.25) is 10.0 Å². The number of rotatable bonds is 6. The maximum atomic E-state index is 12.7. The van der Waals surface area contributed by atoms with Crippen molar-refractivity contribution in [2.75, 3.05) is 6.61 Å². The van der Waals surface area contributed by atoms with Crippen LogP contribution in [0.4, 0.5) is 0 Å². The summed E-state index contributed by atoms with van der Waals surface area (Å²) in [7, 11) is -3.63. The average molecular weight is 389 g/mol. The van der Waals surface area contributed by atoms with Gasteiger partial charge in [-0.25, -0.2) is 17.9 Å². The molecule has 2 N–H and O–H groups in total. The Morgan fingerprint density at radius 3 is 2.67 bits per heavy atom. The van der Waals surface area contributed by atoms with Crippen LogP contribution in [0.5, 0.6) is 11.5 Å². The van der Waals surface area contributed by atoms with Gasteiger partial charge in [0.15, 0.2) is 18.1 Å². The molecule has 0 spiro atoms. The highest BCUT2D eigenvalue weighted by atomic mass is 32.2. The van der Waals surface area contributed by atoms with Crippen LogP contribution in [0, 0.1) is 0 Å². The number of nitrogens with one attached hydrogen (secondary N) is 1. The smallest absolute Gasteiger partial charge is 0.341 e. The van der Waals surface area contributed by atoms with E-state index < -0.39 is 22.6 Å². The molecule has 1 saturated carbocycles. The van der Waals surface area contributed by atoms with Crippen molar-refractivity contribution in [2.24, 2.45) is 0 Å². The Morgan fingerprint density at radius 1 is 1.15 bits per heavy atom. The highest BCUT2D eigenvalue weighted by molar-refractivity contribution is 7.89. The van der Waals surface area contributed by atoms with Crippen LogP contribution in [-0.4, -0.2) is 38.2 Å². The van der Waals surface area contributed by atoms with Crippen LogP contribution in [0.3, 0.4) is 0 Å². The number of carboxylic acids is 1. The van der Waals surface area contributed by atoms with Crippen molar-refractivity contribution >= 4 is 16.0 Å². The molecule has 1 aliphatic heterocycles. The lowest BCUT2D eigenvalue weighted by Gasteiger charge is -2.19. The molecule has 7 nitrogen and oxygen atoms in total. The van der Waals surface area contributed by atoms with E-state index in [1.165, 1.54) is 0 Å². The maximum Gasteiger partial charge on any atom is 0.341 e. The van der Waals surface area contributed by atoms with Gasteiger partial charge in [0, 0.05) is 17.5 Å². The Hall–Kier alpha value is -2.58. The van der Waals surface area contributed by atoms with Gasteiger partial charge in [-0.3, -0.25) is 0 Å². The van der Waals surface area contributed by atoms with Crippen LogP contribution in [0.1, 0.15) is 24.3 Å². The minimum atomic E-state index is -3.63. The first-order valence-corrected chi connectivity index (χ1v) is 10.2. The molecule has 1 heterocycles. The number of hydrogen-bond acceptors (Lipinski definition) is 5. The van der Waals surface area contributed by atoms with Crippen LogP contribution < -0.4 is 14.2 Å². The summed E-state index contributed by atoms with van der Waals surface area (Å²) in [5.74, 6) is -0.322. The van der Waals surface area contributed by atoms with Gasteiger partial charge in [0.25, 0.3) is 0 Å². The predicted molar refractivity (Wildman–Crippen MR) is 96.5 cm³/mol. The number of carbonyl (C=O) groups is 1. The van der Waals surface area contributed by atoms with Gasteiger partial charge in [0.1, 0.15) is 6.10 Å². The summed E-state index contributed by atoms with van der Waals surface area (Å²) in [6, 6.07) is 13.3. The molecular formula is C19H19NO6S. The molecular weight excluding hydrogens is 370 g/mol. The number of benzene rings is 2. The number of aliphatic carboxylic acids is 1.